The van der Waals surface area contributed by atoms with Crippen LogP contribution < -0.4 is 0 Å². The van der Waals surface area contributed by atoms with E-state index in [9.17, 15) is 4.79 Å². The van der Waals surface area contributed by atoms with Crippen LogP contribution in [0.25, 0.3) is 0 Å². The number of piperidine rings is 2. The molecule has 2 heteroatoms. The summed E-state index contributed by atoms with van der Waals surface area (Å²) in [6, 6.07) is 1.11. The zero-order valence-corrected chi connectivity index (χ0v) is 9.33. The van der Waals surface area contributed by atoms with Gasteiger partial charge < -0.3 is 4.90 Å². The van der Waals surface area contributed by atoms with Crippen LogP contribution in [0, 0.1) is 5.92 Å². The first-order chi connectivity index (χ1) is 6.70. The first-order valence-electron chi connectivity index (χ1n) is 6.01. The van der Waals surface area contributed by atoms with E-state index in [0.29, 0.717) is 23.9 Å². The molecule has 2 fully saturated rings. The minimum absolute atomic E-state index is 0. The second-order valence-electron chi connectivity index (χ2n) is 5.09. The molecular formula is C13H25NO. The molecule has 1 amide bonds. The summed E-state index contributed by atoms with van der Waals surface area (Å²) >= 11 is 0. The van der Waals surface area contributed by atoms with Gasteiger partial charge in [-0.25, -0.2) is 0 Å². The average Bonchev–Trinajstić information content (AvgIpc) is 2.17. The molecule has 2 unspecified atom stereocenters. The van der Waals surface area contributed by atoms with Crippen molar-refractivity contribution in [2.45, 2.75) is 71.9 Å². The van der Waals surface area contributed by atoms with Crippen molar-refractivity contribution in [3.8, 4) is 0 Å². The van der Waals surface area contributed by atoms with Crippen LogP contribution in [0.5, 0.6) is 0 Å². The van der Waals surface area contributed by atoms with Gasteiger partial charge in [0.15, 0.2) is 0 Å². The van der Waals surface area contributed by atoms with Crippen LogP contribution in [-0.2, 0) is 4.79 Å². The smallest absolute Gasteiger partial charge is 0.223 e. The topological polar surface area (TPSA) is 20.3 Å². The molecule has 0 saturated carbocycles. The summed E-state index contributed by atoms with van der Waals surface area (Å²) < 4.78 is 0. The predicted octanol–water partition coefficient (Wildman–Crippen LogP) is 3.21. The molecule has 0 spiro atoms. The van der Waals surface area contributed by atoms with E-state index in [-0.39, 0.29) is 7.43 Å². The lowest BCUT2D eigenvalue weighted by molar-refractivity contribution is -0.143. The third-order valence-corrected chi connectivity index (χ3v) is 3.77. The van der Waals surface area contributed by atoms with Crippen molar-refractivity contribution in [2.24, 2.45) is 5.92 Å². The Labute approximate surface area is 94.0 Å². The molecule has 0 aromatic heterocycles. The molecule has 0 aliphatic carbocycles. The van der Waals surface area contributed by atoms with E-state index in [1.165, 1.54) is 25.7 Å². The predicted molar refractivity (Wildman–Crippen MR) is 63.7 cm³/mol. The lowest BCUT2D eigenvalue weighted by Gasteiger charge is -2.46. The highest BCUT2D eigenvalue weighted by Gasteiger charge is 2.37. The Bertz CT molecular complexity index is 223. The number of hydrogen-bond donors (Lipinski definition) is 0. The number of carbonyl (C=O) groups is 1. The first kappa shape index (κ1) is 12.5. The highest BCUT2D eigenvalue weighted by Crippen LogP contribution is 2.33. The van der Waals surface area contributed by atoms with Crippen molar-refractivity contribution < 1.29 is 4.79 Å². The fourth-order valence-corrected chi connectivity index (χ4v) is 3.06. The third-order valence-electron chi connectivity index (χ3n) is 3.77. The molecule has 2 heterocycles. The van der Waals surface area contributed by atoms with Gasteiger partial charge in [0.05, 0.1) is 0 Å². The van der Waals surface area contributed by atoms with E-state index in [4.69, 9.17) is 0 Å². The summed E-state index contributed by atoms with van der Waals surface area (Å²) in [7, 11) is 0. The van der Waals surface area contributed by atoms with E-state index in [2.05, 4.69) is 18.7 Å². The Morgan fingerprint density at radius 3 is 2.53 bits per heavy atom. The molecule has 88 valence electrons. The lowest BCUT2D eigenvalue weighted by atomic mass is 9.84. The van der Waals surface area contributed by atoms with Gasteiger partial charge in [0.25, 0.3) is 0 Å². The second kappa shape index (κ2) is 5.00. The zero-order valence-electron chi connectivity index (χ0n) is 9.33. The standard InChI is InChI=1S/C12H21NO.CH4/c1-9(2)11-7-3-5-10-6-4-8-12(14)13(10)11;/h9-11H,3-8H2,1-2H3;1H4. The van der Waals surface area contributed by atoms with Gasteiger partial charge in [-0.05, 0) is 38.0 Å². The Morgan fingerprint density at radius 1 is 1.20 bits per heavy atom. The molecule has 2 nitrogen and oxygen atoms in total. The quantitative estimate of drug-likeness (QED) is 0.652. The van der Waals surface area contributed by atoms with Gasteiger partial charge >= 0.3 is 0 Å². The van der Waals surface area contributed by atoms with Crippen molar-refractivity contribution >= 4 is 5.91 Å². The summed E-state index contributed by atoms with van der Waals surface area (Å²) in [5.74, 6) is 1.04. The normalized spacial score (nSPS) is 31.1. The molecule has 0 radical (unpaired) electrons. The molecule has 2 aliphatic heterocycles. The fourth-order valence-electron chi connectivity index (χ4n) is 3.06. The number of amides is 1. The molecule has 2 aliphatic rings. The Kier molecular flexibility index (Phi) is 4.18. The van der Waals surface area contributed by atoms with Crippen LogP contribution in [0.15, 0.2) is 0 Å². The van der Waals surface area contributed by atoms with Gasteiger partial charge in [0.1, 0.15) is 0 Å². The average molecular weight is 211 g/mol. The third kappa shape index (κ3) is 2.35. The van der Waals surface area contributed by atoms with Crippen LogP contribution >= 0.6 is 0 Å². The van der Waals surface area contributed by atoms with Gasteiger partial charge in [-0.15, -0.1) is 0 Å². The molecular weight excluding hydrogens is 186 g/mol. The number of carbonyl (C=O) groups excluding carboxylic acids is 1. The minimum atomic E-state index is 0. The van der Waals surface area contributed by atoms with Crippen molar-refractivity contribution in [3.05, 3.63) is 0 Å². The van der Waals surface area contributed by atoms with Crippen molar-refractivity contribution in [2.75, 3.05) is 0 Å². The van der Waals surface area contributed by atoms with Crippen LogP contribution in [0.2, 0.25) is 0 Å². The maximum Gasteiger partial charge on any atom is 0.223 e. The minimum Gasteiger partial charge on any atom is -0.336 e. The summed E-state index contributed by atoms with van der Waals surface area (Å²) in [5.41, 5.74) is 0. The summed E-state index contributed by atoms with van der Waals surface area (Å²) in [6.45, 7) is 4.49. The number of nitrogens with zero attached hydrogens (tertiary/aromatic N) is 1. The number of fused-ring (bicyclic) bond motifs is 1. The first-order valence-corrected chi connectivity index (χ1v) is 6.01. The molecule has 2 saturated heterocycles. The van der Waals surface area contributed by atoms with E-state index in [1.807, 2.05) is 0 Å². The zero-order chi connectivity index (χ0) is 10.1. The van der Waals surface area contributed by atoms with Crippen LogP contribution in [0.4, 0.5) is 0 Å². The van der Waals surface area contributed by atoms with Crippen molar-refractivity contribution in [1.82, 2.24) is 4.90 Å². The van der Waals surface area contributed by atoms with Crippen LogP contribution in [-0.4, -0.2) is 22.9 Å². The number of hydrogen-bond acceptors (Lipinski definition) is 1. The van der Waals surface area contributed by atoms with Crippen molar-refractivity contribution in [3.63, 3.8) is 0 Å². The SMILES string of the molecule is C.CC(C)C1CCCC2CCCC(=O)N21. The molecule has 2 rings (SSSR count). The van der Waals surface area contributed by atoms with Crippen LogP contribution in [0.1, 0.15) is 59.8 Å². The molecule has 0 aromatic rings. The highest BCUT2D eigenvalue weighted by atomic mass is 16.2. The summed E-state index contributed by atoms with van der Waals surface area (Å²) in [4.78, 5) is 14.1. The Hall–Kier alpha value is -0.530. The number of rotatable bonds is 1. The Morgan fingerprint density at radius 2 is 1.87 bits per heavy atom. The lowest BCUT2D eigenvalue weighted by Crippen LogP contribution is -2.54. The van der Waals surface area contributed by atoms with Gasteiger partial charge in [-0.1, -0.05) is 21.3 Å². The van der Waals surface area contributed by atoms with E-state index in [0.717, 1.165) is 12.8 Å². The fraction of sp³-hybridized carbons (Fsp3) is 0.923. The molecule has 0 bridgehead atoms. The molecule has 15 heavy (non-hydrogen) atoms. The van der Waals surface area contributed by atoms with Gasteiger partial charge in [0, 0.05) is 18.5 Å². The van der Waals surface area contributed by atoms with Crippen molar-refractivity contribution in [1.29, 1.82) is 0 Å². The Balaban J connectivity index is 0.00000112. The monoisotopic (exact) mass is 211 g/mol. The maximum absolute atomic E-state index is 11.9. The van der Waals surface area contributed by atoms with Gasteiger partial charge in [0.2, 0.25) is 5.91 Å². The van der Waals surface area contributed by atoms with Gasteiger partial charge in [-0.2, -0.15) is 0 Å². The molecule has 0 aromatic carbocycles. The van der Waals surface area contributed by atoms with Crippen LogP contribution in [0.3, 0.4) is 0 Å². The molecule has 2 atom stereocenters. The summed E-state index contributed by atoms with van der Waals surface area (Å²) in [6.07, 6.45) is 6.94. The maximum atomic E-state index is 11.9. The van der Waals surface area contributed by atoms with E-state index < -0.39 is 0 Å². The van der Waals surface area contributed by atoms with E-state index >= 15 is 0 Å². The largest absolute Gasteiger partial charge is 0.336 e. The van der Waals surface area contributed by atoms with E-state index in [1.54, 1.807) is 0 Å². The highest BCUT2D eigenvalue weighted by molar-refractivity contribution is 5.77. The second-order valence-corrected chi connectivity index (χ2v) is 5.09. The van der Waals surface area contributed by atoms with Gasteiger partial charge in [-0.3, -0.25) is 4.79 Å². The molecule has 0 N–H and O–H groups in total. The summed E-state index contributed by atoms with van der Waals surface area (Å²) in [5, 5.41) is 0.